The zero-order valence-corrected chi connectivity index (χ0v) is 11.7. The van der Waals surface area contributed by atoms with Crippen molar-refractivity contribution in [3.63, 3.8) is 0 Å². The van der Waals surface area contributed by atoms with Gasteiger partial charge in [-0.15, -0.1) is 5.10 Å². The summed E-state index contributed by atoms with van der Waals surface area (Å²) in [5.41, 5.74) is 0.541. The Morgan fingerprint density at radius 2 is 2.20 bits per heavy atom. The van der Waals surface area contributed by atoms with Gasteiger partial charge < -0.3 is 9.67 Å². The molecule has 2 aromatic heterocycles. The fraction of sp³-hybridized carbons (Fsp3) is 0.364. The standard InChI is InChI=1S/C11H15N5O3S/c1-2-5-16-7-10(6-9(16)8-17)20(18,19)15-11-12-3-4-13-14-11/h3-4,6-7,17H,2,5,8H2,1H3,(H,12,14,15). The minimum Gasteiger partial charge on any atom is -0.390 e. The average Bonchev–Trinajstić information content (AvgIpc) is 2.84. The first-order valence-electron chi connectivity index (χ1n) is 6.03. The Hall–Kier alpha value is -2.00. The van der Waals surface area contributed by atoms with Crippen molar-refractivity contribution in [2.45, 2.75) is 31.4 Å². The van der Waals surface area contributed by atoms with Gasteiger partial charge in [0, 0.05) is 18.4 Å². The molecule has 0 aliphatic heterocycles. The lowest BCUT2D eigenvalue weighted by Crippen LogP contribution is -2.14. The number of sulfonamides is 1. The van der Waals surface area contributed by atoms with Gasteiger partial charge in [0.15, 0.2) is 0 Å². The summed E-state index contributed by atoms with van der Waals surface area (Å²) in [4.78, 5) is 3.81. The Morgan fingerprint density at radius 3 is 2.80 bits per heavy atom. The first kappa shape index (κ1) is 14.4. The molecule has 2 heterocycles. The highest BCUT2D eigenvalue weighted by atomic mass is 32.2. The Morgan fingerprint density at radius 1 is 1.40 bits per heavy atom. The molecule has 0 saturated heterocycles. The number of rotatable bonds is 6. The highest BCUT2D eigenvalue weighted by molar-refractivity contribution is 7.92. The zero-order valence-electron chi connectivity index (χ0n) is 10.9. The Balaban J connectivity index is 2.30. The van der Waals surface area contributed by atoms with Crippen LogP contribution in [0.1, 0.15) is 19.0 Å². The number of hydrogen-bond donors (Lipinski definition) is 2. The summed E-state index contributed by atoms with van der Waals surface area (Å²) in [6, 6.07) is 1.42. The smallest absolute Gasteiger partial charge is 0.265 e. The molecule has 0 saturated carbocycles. The van der Waals surface area contributed by atoms with E-state index >= 15 is 0 Å². The lowest BCUT2D eigenvalue weighted by atomic mass is 10.4. The van der Waals surface area contributed by atoms with Crippen LogP contribution in [0.5, 0.6) is 0 Å². The van der Waals surface area contributed by atoms with Crippen molar-refractivity contribution < 1.29 is 13.5 Å². The van der Waals surface area contributed by atoms with Crippen molar-refractivity contribution in [3.8, 4) is 0 Å². The summed E-state index contributed by atoms with van der Waals surface area (Å²) >= 11 is 0. The van der Waals surface area contributed by atoms with E-state index < -0.39 is 10.0 Å². The van der Waals surface area contributed by atoms with Gasteiger partial charge in [0.05, 0.1) is 19.0 Å². The fourth-order valence-corrected chi connectivity index (χ4v) is 2.74. The van der Waals surface area contributed by atoms with E-state index in [1.807, 2.05) is 6.92 Å². The highest BCUT2D eigenvalue weighted by Crippen LogP contribution is 2.17. The van der Waals surface area contributed by atoms with Crippen molar-refractivity contribution in [1.29, 1.82) is 0 Å². The fourth-order valence-electron chi connectivity index (χ4n) is 1.73. The minimum absolute atomic E-state index is 0.0578. The molecule has 0 aromatic carbocycles. The third-order valence-corrected chi connectivity index (χ3v) is 3.90. The van der Waals surface area contributed by atoms with Crippen molar-refractivity contribution in [1.82, 2.24) is 19.7 Å². The number of anilines is 1. The molecule has 0 aliphatic carbocycles. The van der Waals surface area contributed by atoms with Gasteiger partial charge >= 0.3 is 0 Å². The van der Waals surface area contributed by atoms with E-state index in [2.05, 4.69) is 19.9 Å². The van der Waals surface area contributed by atoms with Gasteiger partial charge in [0.2, 0.25) is 0 Å². The van der Waals surface area contributed by atoms with Gasteiger partial charge in [-0.25, -0.2) is 18.1 Å². The van der Waals surface area contributed by atoms with E-state index in [1.165, 1.54) is 24.7 Å². The highest BCUT2D eigenvalue weighted by Gasteiger charge is 2.19. The van der Waals surface area contributed by atoms with Crippen LogP contribution in [0.25, 0.3) is 0 Å². The maximum absolute atomic E-state index is 12.2. The summed E-state index contributed by atoms with van der Waals surface area (Å²) in [5, 5.41) is 16.4. The summed E-state index contributed by atoms with van der Waals surface area (Å²) in [5.74, 6) is -0.0960. The Bertz CT molecular complexity index is 669. The monoisotopic (exact) mass is 297 g/mol. The van der Waals surface area contributed by atoms with Crippen LogP contribution < -0.4 is 4.72 Å². The maximum Gasteiger partial charge on any atom is 0.265 e. The van der Waals surface area contributed by atoms with E-state index in [1.54, 1.807) is 4.57 Å². The Kier molecular flexibility index (Phi) is 4.30. The van der Waals surface area contributed by atoms with Crippen LogP contribution >= 0.6 is 0 Å². The van der Waals surface area contributed by atoms with Crippen molar-refractivity contribution >= 4 is 16.0 Å². The van der Waals surface area contributed by atoms with Crippen LogP contribution in [0.4, 0.5) is 5.95 Å². The summed E-state index contributed by atoms with van der Waals surface area (Å²) < 4.78 is 28.3. The normalized spacial score (nSPS) is 11.5. The number of nitrogens with zero attached hydrogens (tertiary/aromatic N) is 4. The number of aromatic nitrogens is 4. The van der Waals surface area contributed by atoms with E-state index in [0.717, 1.165) is 6.42 Å². The molecule has 0 radical (unpaired) electrons. The molecule has 2 aromatic rings. The predicted octanol–water partition coefficient (Wildman–Crippen LogP) is 0.376. The van der Waals surface area contributed by atoms with E-state index in [0.29, 0.717) is 12.2 Å². The molecule has 0 bridgehead atoms. The second kappa shape index (κ2) is 5.97. The van der Waals surface area contributed by atoms with Gasteiger partial charge in [-0.05, 0) is 12.5 Å². The molecule has 0 amide bonds. The van der Waals surface area contributed by atoms with E-state index in [9.17, 15) is 13.5 Å². The number of hydrogen-bond acceptors (Lipinski definition) is 6. The summed E-state index contributed by atoms with van der Waals surface area (Å²) in [6.45, 7) is 2.38. The minimum atomic E-state index is -3.79. The van der Waals surface area contributed by atoms with Crippen molar-refractivity contribution in [2.75, 3.05) is 4.72 Å². The molecule has 9 heteroatoms. The molecular weight excluding hydrogens is 282 g/mol. The summed E-state index contributed by atoms with van der Waals surface area (Å²) in [6.07, 6.45) is 5.00. The third-order valence-electron chi connectivity index (χ3n) is 2.61. The van der Waals surface area contributed by atoms with Crippen LogP contribution in [-0.2, 0) is 23.2 Å². The number of nitrogens with one attached hydrogen (secondary N) is 1. The quantitative estimate of drug-likeness (QED) is 0.797. The first-order valence-corrected chi connectivity index (χ1v) is 7.51. The van der Waals surface area contributed by atoms with Crippen LogP contribution in [0.15, 0.2) is 29.6 Å². The van der Waals surface area contributed by atoms with Crippen molar-refractivity contribution in [2.24, 2.45) is 0 Å². The zero-order chi connectivity index (χ0) is 14.6. The van der Waals surface area contributed by atoms with E-state index in [4.69, 9.17) is 0 Å². The largest absolute Gasteiger partial charge is 0.390 e. The lowest BCUT2D eigenvalue weighted by molar-refractivity contribution is 0.270. The third kappa shape index (κ3) is 3.11. The maximum atomic E-state index is 12.2. The van der Waals surface area contributed by atoms with Gasteiger partial charge in [-0.2, -0.15) is 5.10 Å². The second-order valence-corrected chi connectivity index (χ2v) is 5.77. The van der Waals surface area contributed by atoms with Crippen LogP contribution in [0.3, 0.4) is 0 Å². The molecule has 20 heavy (non-hydrogen) atoms. The average molecular weight is 297 g/mol. The van der Waals surface area contributed by atoms with Gasteiger partial charge in [0.1, 0.15) is 4.90 Å². The number of aliphatic hydroxyl groups excluding tert-OH is 1. The van der Waals surface area contributed by atoms with Crippen LogP contribution in [0, 0.1) is 0 Å². The second-order valence-electron chi connectivity index (χ2n) is 4.09. The molecule has 0 unspecified atom stereocenters. The topological polar surface area (TPSA) is 110 Å². The predicted molar refractivity (Wildman–Crippen MR) is 71.3 cm³/mol. The van der Waals surface area contributed by atoms with Crippen LogP contribution in [0.2, 0.25) is 0 Å². The van der Waals surface area contributed by atoms with Crippen LogP contribution in [-0.4, -0.2) is 33.3 Å². The molecular formula is C11H15N5O3S. The molecule has 0 fully saturated rings. The lowest BCUT2D eigenvalue weighted by Gasteiger charge is -2.04. The molecule has 0 spiro atoms. The first-order chi connectivity index (χ1) is 9.56. The molecule has 108 valence electrons. The van der Waals surface area contributed by atoms with Gasteiger partial charge in [-0.1, -0.05) is 6.92 Å². The van der Waals surface area contributed by atoms with Crippen molar-refractivity contribution in [3.05, 3.63) is 30.4 Å². The molecule has 0 atom stereocenters. The number of aryl methyl sites for hydroxylation is 1. The summed E-state index contributed by atoms with van der Waals surface area (Å²) in [7, 11) is -3.79. The molecule has 2 rings (SSSR count). The number of aliphatic hydroxyl groups is 1. The molecule has 8 nitrogen and oxygen atoms in total. The van der Waals surface area contributed by atoms with Gasteiger partial charge in [0.25, 0.3) is 16.0 Å². The van der Waals surface area contributed by atoms with Gasteiger partial charge in [-0.3, -0.25) is 0 Å². The molecule has 0 aliphatic rings. The Labute approximate surface area is 116 Å². The SMILES string of the molecule is CCCn1cc(S(=O)(=O)Nc2nccnn2)cc1CO. The molecule has 2 N–H and O–H groups in total. The van der Waals surface area contributed by atoms with E-state index in [-0.39, 0.29) is 17.5 Å².